The average molecular weight is 489 g/mol. The highest BCUT2D eigenvalue weighted by atomic mass is 16.6. The van der Waals surface area contributed by atoms with Crippen LogP contribution < -0.4 is 16.4 Å². The second-order valence-corrected chi connectivity index (χ2v) is 9.35. The Morgan fingerprint density at radius 2 is 1.86 bits per heavy atom. The van der Waals surface area contributed by atoms with Crippen LogP contribution in [0.1, 0.15) is 71.0 Å². The molecule has 0 aromatic heterocycles. The van der Waals surface area contributed by atoms with E-state index in [2.05, 4.69) is 16.7 Å². The zero-order valence-corrected chi connectivity index (χ0v) is 21.2. The van der Waals surface area contributed by atoms with Gasteiger partial charge < -0.3 is 26.2 Å². The normalized spacial score (nSPS) is 13.5. The molecule has 4 amide bonds. The van der Waals surface area contributed by atoms with Crippen molar-refractivity contribution in [1.29, 1.82) is 0 Å². The number of primary amides is 1. The predicted octanol–water partition coefficient (Wildman–Crippen LogP) is 2.23. The van der Waals surface area contributed by atoms with Gasteiger partial charge in [-0.15, -0.1) is 0 Å². The Morgan fingerprint density at radius 3 is 2.34 bits per heavy atom. The number of phenolic OH excluding ortho intramolecular Hbond substituents is 1. The third kappa shape index (κ3) is 9.20. The van der Waals surface area contributed by atoms with Crippen LogP contribution in [0.2, 0.25) is 0 Å². The molecule has 1 aromatic rings. The number of hydrogen-bond acceptors (Lipinski definition) is 6. The molecule has 5 N–H and O–H groups in total. The van der Waals surface area contributed by atoms with Crippen molar-refractivity contribution in [3.05, 3.63) is 29.3 Å². The molecule has 0 aliphatic carbocycles. The van der Waals surface area contributed by atoms with Gasteiger partial charge in [0.05, 0.1) is 6.42 Å². The van der Waals surface area contributed by atoms with Crippen LogP contribution >= 0.6 is 0 Å². The van der Waals surface area contributed by atoms with Crippen LogP contribution in [-0.2, 0) is 19.1 Å². The van der Waals surface area contributed by atoms with E-state index < -0.39 is 47.9 Å². The molecule has 3 unspecified atom stereocenters. The van der Waals surface area contributed by atoms with E-state index in [4.69, 9.17) is 16.9 Å². The Hall–Kier alpha value is -3.74. The lowest BCUT2D eigenvalue weighted by molar-refractivity contribution is -0.139. The minimum Gasteiger partial charge on any atom is -0.508 e. The Bertz CT molecular complexity index is 979. The van der Waals surface area contributed by atoms with E-state index in [1.807, 2.05) is 13.8 Å². The number of rotatable bonds is 10. The molecule has 192 valence electrons. The summed E-state index contributed by atoms with van der Waals surface area (Å²) < 4.78 is 5.18. The smallest absolute Gasteiger partial charge is 0.408 e. The first-order valence-corrected chi connectivity index (χ1v) is 11.4. The van der Waals surface area contributed by atoms with Crippen LogP contribution in [0.4, 0.5) is 4.79 Å². The summed E-state index contributed by atoms with van der Waals surface area (Å²) in [5.41, 5.74) is 5.24. The molecule has 10 heteroatoms. The number of amides is 4. The third-order valence-electron chi connectivity index (χ3n) is 4.92. The monoisotopic (exact) mass is 488 g/mol. The van der Waals surface area contributed by atoms with Crippen molar-refractivity contribution in [1.82, 2.24) is 15.5 Å². The van der Waals surface area contributed by atoms with Gasteiger partial charge >= 0.3 is 6.09 Å². The van der Waals surface area contributed by atoms with Gasteiger partial charge in [0.1, 0.15) is 23.4 Å². The molecule has 0 bridgehead atoms. The van der Waals surface area contributed by atoms with Crippen molar-refractivity contribution < 1.29 is 29.0 Å². The van der Waals surface area contributed by atoms with Gasteiger partial charge in [0.2, 0.25) is 11.8 Å². The van der Waals surface area contributed by atoms with Crippen molar-refractivity contribution in [2.24, 2.45) is 5.73 Å². The van der Waals surface area contributed by atoms with Gasteiger partial charge in [-0.25, -0.2) is 4.79 Å². The summed E-state index contributed by atoms with van der Waals surface area (Å²) in [5, 5.41) is 15.1. The van der Waals surface area contributed by atoms with Gasteiger partial charge in [0, 0.05) is 12.1 Å². The van der Waals surface area contributed by atoms with E-state index in [9.17, 15) is 24.3 Å². The Kier molecular flexibility index (Phi) is 10.6. The second kappa shape index (κ2) is 12.6. The maximum atomic E-state index is 13.5. The number of nitrogens with one attached hydrogen (secondary N) is 2. The summed E-state index contributed by atoms with van der Waals surface area (Å²) in [5.74, 6) is -2.32. The zero-order valence-electron chi connectivity index (χ0n) is 21.2. The third-order valence-corrected chi connectivity index (χ3v) is 4.92. The molecule has 0 radical (unpaired) electrons. The highest BCUT2D eigenvalue weighted by molar-refractivity contribution is 5.95. The fourth-order valence-corrected chi connectivity index (χ4v) is 3.38. The number of aryl methyl sites for hydroxylation is 1. The molecule has 1 aromatic carbocycles. The number of benzene rings is 1. The quantitative estimate of drug-likeness (QED) is 0.293. The number of ether oxygens (including phenoxy) is 1. The summed E-state index contributed by atoms with van der Waals surface area (Å²) in [7, 11) is 0. The molecule has 0 aliphatic heterocycles. The van der Waals surface area contributed by atoms with Gasteiger partial charge in [-0.3, -0.25) is 19.3 Å². The number of carbonyl (C=O) groups is 4. The number of phenols is 1. The van der Waals surface area contributed by atoms with E-state index in [1.54, 1.807) is 27.7 Å². The average Bonchev–Trinajstić information content (AvgIpc) is 2.71. The fraction of sp³-hybridized carbons (Fsp3) is 0.520. The largest absolute Gasteiger partial charge is 0.508 e. The van der Waals surface area contributed by atoms with Crippen molar-refractivity contribution >= 4 is 23.8 Å². The van der Waals surface area contributed by atoms with Crippen LogP contribution in [0.15, 0.2) is 18.2 Å². The van der Waals surface area contributed by atoms with E-state index in [-0.39, 0.29) is 11.8 Å². The molecule has 0 saturated carbocycles. The van der Waals surface area contributed by atoms with Crippen molar-refractivity contribution in [3.63, 3.8) is 0 Å². The van der Waals surface area contributed by atoms with Crippen molar-refractivity contribution in [2.75, 3.05) is 0 Å². The lowest BCUT2D eigenvalue weighted by atomic mass is 10.00. The highest BCUT2D eigenvalue weighted by Gasteiger charge is 2.37. The molecule has 0 aliphatic rings. The van der Waals surface area contributed by atoms with Gasteiger partial charge in [0.15, 0.2) is 0 Å². The molecule has 1 rings (SSSR count). The van der Waals surface area contributed by atoms with E-state index in [0.717, 1.165) is 11.3 Å². The summed E-state index contributed by atoms with van der Waals surface area (Å²) in [4.78, 5) is 51.6. The van der Waals surface area contributed by atoms with Crippen LogP contribution in [0.5, 0.6) is 5.75 Å². The fourth-order valence-electron chi connectivity index (χ4n) is 3.38. The minimum absolute atomic E-state index is 0.00374. The minimum atomic E-state index is -1.47. The maximum absolute atomic E-state index is 13.5. The summed E-state index contributed by atoms with van der Waals surface area (Å²) in [6, 6.07) is 3.63. The summed E-state index contributed by atoms with van der Waals surface area (Å²) in [6.45, 7) is 10.3. The number of alkyl carbamates (subject to hydrolysis) is 1. The molecule has 0 fully saturated rings. The number of aromatic hydroxyl groups is 1. The Morgan fingerprint density at radius 1 is 1.23 bits per heavy atom. The Labute approximate surface area is 206 Å². The SMILES string of the molecule is C#CN(C(=O)C(CC(N)=O)NC(=O)OC(C)(C)C)C(C(=O)NC(C)CCC)c1ccc(O)c(C)c1. The standard InChI is InChI=1S/C25H36N4O6/c1-8-10-16(4)27-22(32)21(17-11-12-19(30)15(3)13-17)29(9-2)23(33)18(14-20(26)31)28-24(34)35-25(5,6)7/h2,11-13,16,18,21,30H,8,10,14H2,1,3-7H3,(H2,26,31)(H,27,32)(H,28,34). The number of nitrogens with zero attached hydrogens (tertiary/aromatic N) is 1. The molecular weight excluding hydrogens is 452 g/mol. The van der Waals surface area contributed by atoms with Crippen LogP contribution in [-0.4, -0.2) is 51.5 Å². The molecule has 35 heavy (non-hydrogen) atoms. The van der Waals surface area contributed by atoms with E-state index in [1.165, 1.54) is 18.2 Å². The lowest BCUT2D eigenvalue weighted by Gasteiger charge is -2.31. The molecule has 0 saturated heterocycles. The van der Waals surface area contributed by atoms with Gasteiger partial charge in [0.25, 0.3) is 5.91 Å². The first kappa shape index (κ1) is 29.3. The number of nitrogens with two attached hydrogens (primary N) is 1. The first-order valence-electron chi connectivity index (χ1n) is 11.4. The topological polar surface area (TPSA) is 151 Å². The molecule has 10 nitrogen and oxygen atoms in total. The van der Waals surface area contributed by atoms with Gasteiger partial charge in [-0.1, -0.05) is 25.8 Å². The number of terminal acetylenes is 1. The highest BCUT2D eigenvalue weighted by Crippen LogP contribution is 2.27. The molecular formula is C25H36N4O6. The van der Waals surface area contributed by atoms with Crippen LogP contribution in [0.25, 0.3) is 0 Å². The van der Waals surface area contributed by atoms with Crippen LogP contribution in [0.3, 0.4) is 0 Å². The summed E-state index contributed by atoms with van der Waals surface area (Å²) >= 11 is 0. The van der Waals surface area contributed by atoms with Crippen molar-refractivity contribution in [2.45, 2.75) is 84.5 Å². The number of hydrogen-bond donors (Lipinski definition) is 4. The zero-order chi connectivity index (χ0) is 26.9. The number of carbonyl (C=O) groups excluding carboxylic acids is 4. The molecule has 0 heterocycles. The van der Waals surface area contributed by atoms with Gasteiger partial charge in [-0.2, -0.15) is 0 Å². The van der Waals surface area contributed by atoms with Gasteiger partial charge in [-0.05, 0) is 64.3 Å². The second-order valence-electron chi connectivity index (χ2n) is 9.35. The lowest BCUT2D eigenvalue weighted by Crippen LogP contribution is -2.53. The van der Waals surface area contributed by atoms with Crippen LogP contribution in [0, 0.1) is 19.4 Å². The maximum Gasteiger partial charge on any atom is 0.408 e. The van der Waals surface area contributed by atoms with E-state index in [0.29, 0.717) is 17.5 Å². The first-order chi connectivity index (χ1) is 16.2. The summed E-state index contributed by atoms with van der Waals surface area (Å²) in [6.07, 6.45) is 5.68. The Balaban J connectivity index is 3.44. The van der Waals surface area contributed by atoms with E-state index >= 15 is 0 Å². The molecule has 3 atom stereocenters. The molecule has 0 spiro atoms. The van der Waals surface area contributed by atoms with Crippen molar-refractivity contribution in [3.8, 4) is 18.2 Å². The predicted molar refractivity (Wildman–Crippen MR) is 131 cm³/mol.